The fourth-order valence-electron chi connectivity index (χ4n) is 4.37. The van der Waals surface area contributed by atoms with Gasteiger partial charge in [-0.15, -0.1) is 0 Å². The molecule has 27 heavy (non-hydrogen) atoms. The van der Waals surface area contributed by atoms with Crippen LogP contribution in [0.25, 0.3) is 11.0 Å². The molecule has 7 nitrogen and oxygen atoms in total. The van der Waals surface area contributed by atoms with Crippen molar-refractivity contribution in [3.8, 4) is 0 Å². The van der Waals surface area contributed by atoms with Gasteiger partial charge < -0.3 is 9.80 Å². The Morgan fingerprint density at radius 3 is 2.85 bits per heavy atom. The van der Waals surface area contributed by atoms with Crippen LogP contribution in [0.3, 0.4) is 0 Å². The van der Waals surface area contributed by atoms with Crippen LogP contribution in [-0.4, -0.2) is 62.0 Å². The molecule has 0 aliphatic carbocycles. The van der Waals surface area contributed by atoms with E-state index in [4.69, 9.17) is 0 Å². The molecular formula is C20H27N5O2. The summed E-state index contributed by atoms with van der Waals surface area (Å²) in [5.41, 5.74) is 1.55. The van der Waals surface area contributed by atoms with Crippen molar-refractivity contribution < 1.29 is 9.59 Å². The third-order valence-corrected chi connectivity index (χ3v) is 5.78. The van der Waals surface area contributed by atoms with Crippen molar-refractivity contribution in [2.24, 2.45) is 5.92 Å². The van der Waals surface area contributed by atoms with Crippen molar-refractivity contribution in [1.82, 2.24) is 25.0 Å². The third kappa shape index (κ3) is 3.31. The van der Waals surface area contributed by atoms with Gasteiger partial charge in [0.05, 0.1) is 5.92 Å². The normalized spacial score (nSPS) is 24.0. The zero-order chi connectivity index (χ0) is 19.2. The molecule has 2 fully saturated rings. The first kappa shape index (κ1) is 17.9. The molecule has 4 rings (SSSR count). The Labute approximate surface area is 159 Å². The van der Waals surface area contributed by atoms with Crippen LogP contribution in [0.15, 0.2) is 18.3 Å². The average Bonchev–Trinajstić information content (AvgIpc) is 3.24. The van der Waals surface area contributed by atoms with E-state index >= 15 is 0 Å². The van der Waals surface area contributed by atoms with Crippen molar-refractivity contribution in [2.45, 2.75) is 51.5 Å². The van der Waals surface area contributed by atoms with Gasteiger partial charge in [-0.1, -0.05) is 0 Å². The maximum Gasteiger partial charge on any atom is 0.228 e. The highest BCUT2D eigenvalue weighted by Crippen LogP contribution is 2.32. The van der Waals surface area contributed by atoms with Gasteiger partial charge >= 0.3 is 0 Å². The highest BCUT2D eigenvalue weighted by atomic mass is 16.2. The second kappa shape index (κ2) is 6.62. The molecule has 1 N–H and O–H groups in total. The SMILES string of the molecule is CC(C)(C)N1C[C@H](C(=O)N2CCC[C@@H](c3[nH]nc4ncccc34)C2)CC1=O. The number of amides is 2. The summed E-state index contributed by atoms with van der Waals surface area (Å²) < 4.78 is 0. The Balaban J connectivity index is 1.49. The van der Waals surface area contributed by atoms with E-state index in [0.29, 0.717) is 19.5 Å². The molecule has 0 spiro atoms. The first-order valence-corrected chi connectivity index (χ1v) is 9.73. The van der Waals surface area contributed by atoms with Gasteiger partial charge in [-0.3, -0.25) is 14.7 Å². The number of aromatic nitrogens is 3. The minimum atomic E-state index is -0.238. The Kier molecular flexibility index (Phi) is 4.40. The molecule has 0 bridgehead atoms. The predicted octanol–water partition coefficient (Wildman–Crippen LogP) is 2.31. The highest BCUT2D eigenvalue weighted by molar-refractivity contribution is 5.89. The van der Waals surface area contributed by atoms with Gasteiger partial charge in [0.2, 0.25) is 11.8 Å². The Morgan fingerprint density at radius 1 is 1.30 bits per heavy atom. The van der Waals surface area contributed by atoms with E-state index in [1.54, 1.807) is 6.20 Å². The van der Waals surface area contributed by atoms with Crippen LogP contribution >= 0.6 is 0 Å². The first-order chi connectivity index (χ1) is 12.8. The van der Waals surface area contributed by atoms with Crippen LogP contribution in [0.4, 0.5) is 0 Å². The molecule has 0 radical (unpaired) electrons. The Morgan fingerprint density at radius 2 is 2.11 bits per heavy atom. The van der Waals surface area contributed by atoms with Crippen molar-refractivity contribution >= 4 is 22.8 Å². The summed E-state index contributed by atoms with van der Waals surface area (Å²) in [7, 11) is 0. The molecule has 2 aromatic heterocycles. The lowest BCUT2D eigenvalue weighted by Gasteiger charge is -2.35. The van der Waals surface area contributed by atoms with Gasteiger partial charge in [-0.05, 0) is 45.7 Å². The highest BCUT2D eigenvalue weighted by Gasteiger charge is 2.41. The number of nitrogens with one attached hydrogen (secondary N) is 1. The van der Waals surface area contributed by atoms with Crippen LogP contribution in [0, 0.1) is 5.92 Å². The minimum Gasteiger partial charge on any atom is -0.342 e. The molecule has 2 aromatic rings. The number of likely N-dealkylation sites (tertiary alicyclic amines) is 2. The molecule has 144 valence electrons. The molecule has 2 amide bonds. The number of carbonyl (C=O) groups is 2. The minimum absolute atomic E-state index is 0.0834. The lowest BCUT2D eigenvalue weighted by Crippen LogP contribution is -2.45. The number of rotatable bonds is 2. The molecule has 2 aliphatic heterocycles. The molecule has 0 saturated carbocycles. The number of fused-ring (bicyclic) bond motifs is 1. The topological polar surface area (TPSA) is 82.2 Å². The number of hydrogen-bond acceptors (Lipinski definition) is 4. The van der Waals surface area contributed by atoms with E-state index in [-0.39, 0.29) is 29.2 Å². The van der Waals surface area contributed by atoms with Crippen LogP contribution in [0.1, 0.15) is 51.6 Å². The molecule has 4 heterocycles. The Hall–Kier alpha value is -2.44. The predicted molar refractivity (Wildman–Crippen MR) is 102 cm³/mol. The van der Waals surface area contributed by atoms with Crippen LogP contribution in [0.5, 0.6) is 0 Å². The molecule has 0 aromatic carbocycles. The van der Waals surface area contributed by atoms with E-state index in [9.17, 15) is 9.59 Å². The van der Waals surface area contributed by atoms with E-state index in [0.717, 1.165) is 36.1 Å². The summed E-state index contributed by atoms with van der Waals surface area (Å²) in [6.07, 6.45) is 4.05. The van der Waals surface area contributed by atoms with Crippen LogP contribution in [-0.2, 0) is 9.59 Å². The molecular weight excluding hydrogens is 342 g/mol. The van der Waals surface area contributed by atoms with E-state index in [1.807, 2.05) is 42.7 Å². The van der Waals surface area contributed by atoms with Gasteiger partial charge in [0.15, 0.2) is 5.65 Å². The summed E-state index contributed by atoms with van der Waals surface area (Å²) in [6, 6.07) is 3.94. The average molecular weight is 369 g/mol. The molecule has 2 aliphatic rings. The fourth-order valence-corrected chi connectivity index (χ4v) is 4.37. The molecule has 2 atom stereocenters. The van der Waals surface area contributed by atoms with Gasteiger partial charge in [0.25, 0.3) is 0 Å². The zero-order valence-electron chi connectivity index (χ0n) is 16.2. The Bertz CT molecular complexity index is 869. The number of hydrogen-bond donors (Lipinski definition) is 1. The van der Waals surface area contributed by atoms with Gasteiger partial charge in [-0.2, -0.15) is 5.10 Å². The number of nitrogens with zero attached hydrogens (tertiary/aromatic N) is 4. The monoisotopic (exact) mass is 369 g/mol. The maximum absolute atomic E-state index is 13.1. The van der Waals surface area contributed by atoms with Crippen LogP contribution in [0.2, 0.25) is 0 Å². The van der Waals surface area contributed by atoms with E-state index in [1.165, 1.54) is 0 Å². The lowest BCUT2D eigenvalue weighted by molar-refractivity contribution is -0.137. The van der Waals surface area contributed by atoms with Gasteiger partial charge in [0.1, 0.15) is 0 Å². The smallest absolute Gasteiger partial charge is 0.228 e. The summed E-state index contributed by atoms with van der Waals surface area (Å²) >= 11 is 0. The van der Waals surface area contributed by atoms with Gasteiger partial charge in [-0.25, -0.2) is 4.98 Å². The van der Waals surface area contributed by atoms with E-state index < -0.39 is 0 Å². The molecule has 2 saturated heterocycles. The number of aromatic amines is 1. The standard InChI is InChI=1S/C20H27N5O2/c1-20(2,3)25-12-14(10-16(25)26)19(27)24-9-5-6-13(11-24)17-15-7-4-8-21-18(15)23-22-17/h4,7-8,13-14H,5-6,9-12H2,1-3H3,(H,21,22,23)/t13-,14-/m1/s1. The molecule has 7 heteroatoms. The van der Waals surface area contributed by atoms with Crippen molar-refractivity contribution in [3.05, 3.63) is 24.0 Å². The second-order valence-corrected chi connectivity index (χ2v) is 8.71. The number of piperidine rings is 1. The second-order valence-electron chi connectivity index (χ2n) is 8.71. The maximum atomic E-state index is 13.1. The third-order valence-electron chi connectivity index (χ3n) is 5.78. The number of pyridine rings is 1. The van der Waals surface area contributed by atoms with E-state index in [2.05, 4.69) is 15.2 Å². The van der Waals surface area contributed by atoms with Crippen LogP contribution < -0.4 is 0 Å². The van der Waals surface area contributed by atoms with Gasteiger partial charge in [0, 0.05) is 54.8 Å². The van der Waals surface area contributed by atoms with Crippen molar-refractivity contribution in [2.75, 3.05) is 19.6 Å². The van der Waals surface area contributed by atoms with Crippen molar-refractivity contribution in [1.29, 1.82) is 0 Å². The quantitative estimate of drug-likeness (QED) is 0.881. The fraction of sp³-hybridized carbons (Fsp3) is 0.600. The molecule has 0 unspecified atom stereocenters. The lowest BCUT2D eigenvalue weighted by atomic mass is 9.92. The summed E-state index contributed by atoms with van der Waals surface area (Å²) in [5, 5.41) is 8.46. The number of H-pyrrole nitrogens is 1. The van der Waals surface area contributed by atoms with Crippen molar-refractivity contribution in [3.63, 3.8) is 0 Å². The largest absolute Gasteiger partial charge is 0.342 e. The summed E-state index contributed by atoms with van der Waals surface area (Å²) in [6.45, 7) is 8.02. The first-order valence-electron chi connectivity index (χ1n) is 9.73. The number of carbonyl (C=O) groups excluding carboxylic acids is 2. The summed E-state index contributed by atoms with van der Waals surface area (Å²) in [5.74, 6) is 0.199. The summed E-state index contributed by atoms with van der Waals surface area (Å²) in [4.78, 5) is 33.5. The zero-order valence-corrected chi connectivity index (χ0v) is 16.2.